The molecule has 1 unspecified atom stereocenters. The van der Waals surface area contributed by atoms with Gasteiger partial charge >= 0.3 is 12.0 Å². The Morgan fingerprint density at radius 3 is 2.90 bits per heavy atom. The third kappa shape index (κ3) is 5.59. The van der Waals surface area contributed by atoms with Gasteiger partial charge in [-0.1, -0.05) is 12.1 Å². The number of benzene rings is 1. The molecule has 0 spiro atoms. The zero-order valence-corrected chi connectivity index (χ0v) is 18.3. The fourth-order valence-corrected chi connectivity index (χ4v) is 4.02. The fraction of sp³-hybridized carbons (Fsp3) is 0.500. The van der Waals surface area contributed by atoms with Gasteiger partial charge in [-0.05, 0) is 31.5 Å². The van der Waals surface area contributed by atoms with Crippen molar-refractivity contribution in [2.24, 2.45) is 0 Å². The highest BCUT2D eigenvalue weighted by molar-refractivity contribution is 7.09. The molecule has 1 fully saturated rings. The Hall–Kier alpha value is -2.88. The zero-order valence-electron chi connectivity index (χ0n) is 17.5. The number of ether oxygens (including phenoxy) is 2. The monoisotopic (exact) mass is 433 g/mol. The highest BCUT2D eigenvalue weighted by Crippen LogP contribution is 2.23. The Morgan fingerprint density at radius 2 is 2.17 bits per heavy atom. The van der Waals surface area contributed by atoms with E-state index in [1.54, 1.807) is 18.9 Å². The Labute approximate surface area is 180 Å². The average Bonchev–Trinajstić information content (AvgIpc) is 3.20. The van der Waals surface area contributed by atoms with Gasteiger partial charge in [-0.25, -0.2) is 9.78 Å². The number of nitrogens with zero attached hydrogens (tertiary/aromatic N) is 4. The quantitative estimate of drug-likeness (QED) is 0.666. The molecule has 1 aliphatic heterocycles. The van der Waals surface area contributed by atoms with Crippen LogP contribution < -0.4 is 15.0 Å². The number of rotatable bonds is 7. The van der Waals surface area contributed by atoms with Gasteiger partial charge in [0, 0.05) is 43.6 Å². The summed E-state index contributed by atoms with van der Waals surface area (Å²) in [6, 6.07) is 7.59. The first-order valence-corrected chi connectivity index (χ1v) is 10.7. The number of piperazine rings is 1. The molecule has 1 atom stereocenters. The molecule has 30 heavy (non-hydrogen) atoms. The van der Waals surface area contributed by atoms with Gasteiger partial charge in [0.15, 0.2) is 0 Å². The van der Waals surface area contributed by atoms with Crippen molar-refractivity contribution < 1.29 is 19.1 Å². The predicted molar refractivity (Wildman–Crippen MR) is 114 cm³/mol. The molecule has 1 aromatic heterocycles. The Bertz CT molecular complexity index is 874. The number of nitrogens with one attached hydrogen (secondary N) is 1. The van der Waals surface area contributed by atoms with Crippen LogP contribution in [0.5, 0.6) is 5.75 Å². The molecule has 10 heteroatoms. The van der Waals surface area contributed by atoms with E-state index in [1.807, 2.05) is 31.2 Å². The van der Waals surface area contributed by atoms with Crippen molar-refractivity contribution in [2.45, 2.75) is 26.3 Å². The van der Waals surface area contributed by atoms with Gasteiger partial charge in [-0.15, -0.1) is 0 Å². The number of anilines is 1. The molecule has 1 saturated heterocycles. The van der Waals surface area contributed by atoms with Crippen molar-refractivity contribution in [2.75, 3.05) is 44.8 Å². The summed E-state index contributed by atoms with van der Waals surface area (Å²) >= 11 is 1.37. The lowest BCUT2D eigenvalue weighted by molar-refractivity contribution is -0.141. The molecule has 3 rings (SSSR count). The first-order valence-electron chi connectivity index (χ1n) is 9.90. The van der Waals surface area contributed by atoms with E-state index in [-0.39, 0.29) is 18.6 Å². The molecular weight excluding hydrogens is 406 g/mol. The van der Waals surface area contributed by atoms with Gasteiger partial charge in [0.1, 0.15) is 18.1 Å². The lowest BCUT2D eigenvalue weighted by atomic mass is 10.1. The normalized spacial score (nSPS) is 16.3. The minimum absolute atomic E-state index is 0.0216. The van der Waals surface area contributed by atoms with Crippen LogP contribution in [0, 0.1) is 0 Å². The van der Waals surface area contributed by atoms with E-state index in [4.69, 9.17) is 9.47 Å². The lowest BCUT2D eigenvalue weighted by Gasteiger charge is -2.39. The molecular formula is C20H27N5O4S. The van der Waals surface area contributed by atoms with Crippen molar-refractivity contribution in [3.05, 3.63) is 35.7 Å². The molecule has 0 radical (unpaired) electrons. The SMILES string of the molecule is CCOC(=O)CNC(=O)N1CCN(c2nc(Cc3cccc(OC)c3)ns2)CC1C. The van der Waals surface area contributed by atoms with Crippen LogP contribution in [-0.2, 0) is 16.0 Å². The van der Waals surface area contributed by atoms with Crippen molar-refractivity contribution in [1.29, 1.82) is 0 Å². The Morgan fingerprint density at radius 1 is 1.33 bits per heavy atom. The molecule has 0 saturated carbocycles. The van der Waals surface area contributed by atoms with Crippen LogP contribution in [0.15, 0.2) is 24.3 Å². The highest BCUT2D eigenvalue weighted by atomic mass is 32.1. The van der Waals surface area contributed by atoms with E-state index in [1.165, 1.54) is 11.5 Å². The van der Waals surface area contributed by atoms with Crippen LogP contribution in [0.25, 0.3) is 0 Å². The summed E-state index contributed by atoms with van der Waals surface area (Å²) in [5.41, 5.74) is 1.09. The van der Waals surface area contributed by atoms with Crippen LogP contribution in [0.1, 0.15) is 25.2 Å². The van der Waals surface area contributed by atoms with E-state index >= 15 is 0 Å². The minimum Gasteiger partial charge on any atom is -0.497 e. The molecule has 2 amide bonds. The second kappa shape index (κ2) is 10.2. The number of aromatic nitrogens is 2. The van der Waals surface area contributed by atoms with Gasteiger partial charge in [0.2, 0.25) is 5.13 Å². The topological polar surface area (TPSA) is 96.9 Å². The van der Waals surface area contributed by atoms with Crippen molar-refractivity contribution in [3.63, 3.8) is 0 Å². The third-order valence-electron chi connectivity index (χ3n) is 4.80. The van der Waals surface area contributed by atoms with Gasteiger partial charge in [-0.2, -0.15) is 4.37 Å². The number of urea groups is 1. The number of carbonyl (C=O) groups is 2. The van der Waals surface area contributed by atoms with Gasteiger partial charge in [0.25, 0.3) is 0 Å². The number of esters is 1. The highest BCUT2D eigenvalue weighted by Gasteiger charge is 2.29. The fourth-order valence-electron chi connectivity index (χ4n) is 3.30. The number of methoxy groups -OCH3 is 1. The molecule has 2 heterocycles. The van der Waals surface area contributed by atoms with E-state index in [9.17, 15) is 9.59 Å². The van der Waals surface area contributed by atoms with E-state index in [0.29, 0.717) is 32.7 Å². The maximum atomic E-state index is 12.4. The van der Waals surface area contributed by atoms with E-state index < -0.39 is 5.97 Å². The first kappa shape index (κ1) is 21.8. The molecule has 1 aromatic carbocycles. The Kier molecular flexibility index (Phi) is 7.45. The average molecular weight is 434 g/mol. The summed E-state index contributed by atoms with van der Waals surface area (Å²) in [6.07, 6.45) is 0.638. The standard InChI is InChI=1S/C20H27N5O4S/c1-4-29-18(26)12-21-19(27)25-9-8-24(13-14(25)2)20-22-17(23-30-20)11-15-6-5-7-16(10-15)28-3/h5-7,10,14H,4,8-9,11-13H2,1-3H3,(H,21,27). The van der Waals surface area contributed by atoms with Crippen molar-refractivity contribution in [1.82, 2.24) is 19.6 Å². The third-order valence-corrected chi connectivity index (χ3v) is 5.62. The van der Waals surface area contributed by atoms with E-state index in [0.717, 1.165) is 22.3 Å². The second-order valence-corrected chi connectivity index (χ2v) is 7.70. The molecule has 1 N–H and O–H groups in total. The molecule has 2 aromatic rings. The van der Waals surface area contributed by atoms with Crippen molar-refractivity contribution >= 4 is 28.7 Å². The predicted octanol–water partition coefficient (Wildman–Crippen LogP) is 1.92. The number of hydrogen-bond acceptors (Lipinski definition) is 8. The maximum Gasteiger partial charge on any atom is 0.325 e. The summed E-state index contributed by atoms with van der Waals surface area (Å²) in [5, 5.41) is 3.47. The van der Waals surface area contributed by atoms with Crippen LogP contribution in [0.3, 0.4) is 0 Å². The molecule has 0 aliphatic carbocycles. The molecule has 9 nitrogen and oxygen atoms in total. The van der Waals surface area contributed by atoms with Gasteiger partial charge in [0.05, 0.1) is 13.7 Å². The summed E-state index contributed by atoms with van der Waals surface area (Å²) < 4.78 is 14.6. The Balaban J connectivity index is 1.54. The molecule has 162 valence electrons. The second-order valence-electron chi connectivity index (χ2n) is 6.97. The largest absolute Gasteiger partial charge is 0.497 e. The maximum absolute atomic E-state index is 12.4. The summed E-state index contributed by atoms with van der Waals surface area (Å²) in [7, 11) is 1.65. The number of amides is 2. The summed E-state index contributed by atoms with van der Waals surface area (Å²) in [5.74, 6) is 1.15. The van der Waals surface area contributed by atoms with Crippen molar-refractivity contribution in [3.8, 4) is 5.75 Å². The summed E-state index contributed by atoms with van der Waals surface area (Å²) in [6.45, 7) is 5.74. The van der Waals surface area contributed by atoms with Crippen LogP contribution >= 0.6 is 11.5 Å². The number of carbonyl (C=O) groups excluding carboxylic acids is 2. The smallest absolute Gasteiger partial charge is 0.325 e. The molecule has 1 aliphatic rings. The summed E-state index contributed by atoms with van der Waals surface area (Å²) in [4.78, 5) is 32.4. The minimum atomic E-state index is -0.436. The van der Waals surface area contributed by atoms with E-state index in [2.05, 4.69) is 19.6 Å². The lowest BCUT2D eigenvalue weighted by Crippen LogP contribution is -2.57. The first-order chi connectivity index (χ1) is 14.5. The molecule has 0 bridgehead atoms. The van der Waals surface area contributed by atoms with Crippen LogP contribution in [0.2, 0.25) is 0 Å². The van der Waals surface area contributed by atoms with Gasteiger partial charge < -0.3 is 24.6 Å². The van der Waals surface area contributed by atoms with Crippen LogP contribution in [0.4, 0.5) is 9.93 Å². The number of hydrogen-bond donors (Lipinski definition) is 1. The van der Waals surface area contributed by atoms with Crippen LogP contribution in [-0.4, -0.2) is 72.2 Å². The van der Waals surface area contributed by atoms with Gasteiger partial charge in [-0.3, -0.25) is 4.79 Å². The zero-order chi connectivity index (χ0) is 21.5.